The molecule has 92 valence electrons. The van der Waals surface area contributed by atoms with Gasteiger partial charge in [0.05, 0.1) is 18.2 Å². The number of carbonyl (C=O) groups is 2. The van der Waals surface area contributed by atoms with Crippen LogP contribution in [0, 0.1) is 0 Å². The normalized spacial score (nSPS) is 11.9. The van der Waals surface area contributed by atoms with Crippen molar-refractivity contribution in [1.29, 1.82) is 0 Å². The molecule has 0 radical (unpaired) electrons. The van der Waals surface area contributed by atoms with Crippen LogP contribution in [0.15, 0.2) is 27.1 Å². The number of carbonyl (C=O) groups excluding carboxylic acids is 2. The Hall–Kier alpha value is -0.920. The summed E-state index contributed by atoms with van der Waals surface area (Å²) in [4.78, 5) is 22.2. The SMILES string of the molecule is NC(=O)CC(N)C(=O)Nc1ccc(Br)cc1Br. The molecule has 2 amide bonds. The minimum Gasteiger partial charge on any atom is -0.370 e. The fourth-order valence-electron chi connectivity index (χ4n) is 1.13. The van der Waals surface area contributed by atoms with Gasteiger partial charge in [0, 0.05) is 8.95 Å². The van der Waals surface area contributed by atoms with Gasteiger partial charge < -0.3 is 16.8 Å². The number of primary amides is 1. The quantitative estimate of drug-likeness (QED) is 0.752. The van der Waals surface area contributed by atoms with Crippen LogP contribution in [0.25, 0.3) is 0 Å². The average Bonchev–Trinajstić information content (AvgIpc) is 2.21. The second kappa shape index (κ2) is 6.13. The summed E-state index contributed by atoms with van der Waals surface area (Å²) in [5.74, 6) is -1.06. The van der Waals surface area contributed by atoms with Crippen LogP contribution in [0.5, 0.6) is 0 Å². The van der Waals surface area contributed by atoms with Crippen LogP contribution in [0.4, 0.5) is 5.69 Å². The van der Waals surface area contributed by atoms with E-state index in [1.807, 2.05) is 0 Å². The third kappa shape index (κ3) is 4.45. The number of rotatable bonds is 4. The second-order valence-electron chi connectivity index (χ2n) is 3.39. The van der Waals surface area contributed by atoms with E-state index in [0.29, 0.717) is 10.2 Å². The van der Waals surface area contributed by atoms with Gasteiger partial charge in [0.1, 0.15) is 0 Å². The Morgan fingerprint density at radius 3 is 2.53 bits per heavy atom. The fourth-order valence-corrected chi connectivity index (χ4v) is 2.27. The molecule has 17 heavy (non-hydrogen) atoms. The predicted octanol–water partition coefficient (Wildman–Crippen LogP) is 1.35. The van der Waals surface area contributed by atoms with Crippen LogP contribution < -0.4 is 16.8 Å². The van der Waals surface area contributed by atoms with E-state index in [2.05, 4.69) is 37.2 Å². The Kier molecular flexibility index (Phi) is 5.10. The van der Waals surface area contributed by atoms with E-state index in [0.717, 1.165) is 4.47 Å². The molecule has 0 fully saturated rings. The van der Waals surface area contributed by atoms with Crippen LogP contribution in [-0.4, -0.2) is 17.9 Å². The highest BCUT2D eigenvalue weighted by molar-refractivity contribution is 9.11. The summed E-state index contributed by atoms with van der Waals surface area (Å²) in [6.45, 7) is 0. The average molecular weight is 365 g/mol. The molecule has 0 bridgehead atoms. The topological polar surface area (TPSA) is 98.2 Å². The molecule has 1 aromatic rings. The van der Waals surface area contributed by atoms with Gasteiger partial charge in [-0.2, -0.15) is 0 Å². The lowest BCUT2D eigenvalue weighted by Crippen LogP contribution is -2.39. The first-order valence-corrected chi connectivity index (χ1v) is 6.28. The van der Waals surface area contributed by atoms with E-state index in [-0.39, 0.29) is 6.42 Å². The molecule has 1 unspecified atom stereocenters. The zero-order valence-electron chi connectivity index (χ0n) is 8.74. The molecule has 1 atom stereocenters. The maximum Gasteiger partial charge on any atom is 0.241 e. The summed E-state index contributed by atoms with van der Waals surface area (Å²) < 4.78 is 1.59. The molecule has 0 saturated heterocycles. The molecule has 5 nitrogen and oxygen atoms in total. The number of nitrogens with two attached hydrogens (primary N) is 2. The standard InChI is InChI=1S/C10H11Br2N3O2/c11-5-1-2-8(6(12)3-5)15-10(17)7(13)4-9(14)16/h1-3,7H,4,13H2,(H2,14,16)(H,15,17). The van der Waals surface area contributed by atoms with Crippen molar-refractivity contribution >= 4 is 49.4 Å². The molecular formula is C10H11Br2N3O2. The van der Waals surface area contributed by atoms with Crippen molar-refractivity contribution < 1.29 is 9.59 Å². The molecule has 1 rings (SSSR count). The van der Waals surface area contributed by atoms with Gasteiger partial charge in [0.25, 0.3) is 0 Å². The maximum absolute atomic E-state index is 11.6. The van der Waals surface area contributed by atoms with E-state index in [1.54, 1.807) is 18.2 Å². The van der Waals surface area contributed by atoms with Crippen LogP contribution in [0.1, 0.15) is 6.42 Å². The Morgan fingerprint density at radius 2 is 2.00 bits per heavy atom. The highest BCUT2D eigenvalue weighted by Crippen LogP contribution is 2.26. The van der Waals surface area contributed by atoms with Crippen molar-refractivity contribution in [3.05, 3.63) is 27.1 Å². The highest BCUT2D eigenvalue weighted by Gasteiger charge is 2.16. The molecule has 0 heterocycles. The molecule has 0 aromatic heterocycles. The predicted molar refractivity (Wildman–Crippen MR) is 72.3 cm³/mol. The lowest BCUT2D eigenvalue weighted by atomic mass is 10.2. The van der Waals surface area contributed by atoms with Crippen LogP contribution in [0.2, 0.25) is 0 Å². The molecule has 5 N–H and O–H groups in total. The molecule has 1 aromatic carbocycles. The van der Waals surface area contributed by atoms with Crippen molar-refractivity contribution in [2.45, 2.75) is 12.5 Å². The summed E-state index contributed by atoms with van der Waals surface area (Å²) >= 11 is 6.59. The lowest BCUT2D eigenvalue weighted by Gasteiger charge is -2.11. The fraction of sp³-hybridized carbons (Fsp3) is 0.200. The first-order chi connectivity index (χ1) is 7.90. The van der Waals surface area contributed by atoms with Crippen molar-refractivity contribution in [3.8, 4) is 0 Å². The van der Waals surface area contributed by atoms with Crippen molar-refractivity contribution in [1.82, 2.24) is 0 Å². The minimum absolute atomic E-state index is 0.181. The number of nitrogens with one attached hydrogen (secondary N) is 1. The summed E-state index contributed by atoms with van der Waals surface area (Å²) in [7, 11) is 0. The van der Waals surface area contributed by atoms with Gasteiger partial charge in [0.15, 0.2) is 0 Å². The van der Waals surface area contributed by atoms with Crippen LogP contribution in [-0.2, 0) is 9.59 Å². The van der Waals surface area contributed by atoms with Crippen LogP contribution >= 0.6 is 31.9 Å². The number of amides is 2. The van der Waals surface area contributed by atoms with Gasteiger partial charge in [-0.15, -0.1) is 0 Å². The molecule has 0 aliphatic heterocycles. The van der Waals surface area contributed by atoms with E-state index in [4.69, 9.17) is 11.5 Å². The number of hydrogen-bond acceptors (Lipinski definition) is 3. The molecule has 0 saturated carbocycles. The van der Waals surface area contributed by atoms with E-state index < -0.39 is 17.9 Å². The monoisotopic (exact) mass is 363 g/mol. The third-order valence-corrected chi connectivity index (χ3v) is 3.10. The number of halogens is 2. The van der Waals surface area contributed by atoms with E-state index in [1.165, 1.54) is 0 Å². The molecule has 0 spiro atoms. The summed E-state index contributed by atoms with van der Waals surface area (Å²) in [5, 5.41) is 2.60. The first kappa shape index (κ1) is 14.1. The van der Waals surface area contributed by atoms with Gasteiger partial charge in [-0.3, -0.25) is 9.59 Å². The van der Waals surface area contributed by atoms with E-state index >= 15 is 0 Å². The Bertz CT molecular complexity index is 451. The van der Waals surface area contributed by atoms with Gasteiger partial charge in [-0.05, 0) is 34.1 Å². The van der Waals surface area contributed by atoms with Crippen molar-refractivity contribution in [2.24, 2.45) is 11.5 Å². The van der Waals surface area contributed by atoms with E-state index in [9.17, 15) is 9.59 Å². The van der Waals surface area contributed by atoms with Crippen LogP contribution in [0.3, 0.4) is 0 Å². The second-order valence-corrected chi connectivity index (χ2v) is 5.16. The number of anilines is 1. The molecule has 0 aliphatic carbocycles. The number of benzene rings is 1. The smallest absolute Gasteiger partial charge is 0.241 e. The Labute approximate surface area is 115 Å². The van der Waals surface area contributed by atoms with Gasteiger partial charge in [0.2, 0.25) is 11.8 Å². The summed E-state index contributed by atoms with van der Waals surface area (Å²) in [5.41, 5.74) is 11.1. The molecular weight excluding hydrogens is 354 g/mol. The molecule has 7 heteroatoms. The lowest BCUT2D eigenvalue weighted by molar-refractivity contribution is -0.123. The van der Waals surface area contributed by atoms with Gasteiger partial charge >= 0.3 is 0 Å². The Balaban J connectivity index is 2.71. The number of hydrogen-bond donors (Lipinski definition) is 3. The third-order valence-electron chi connectivity index (χ3n) is 1.95. The molecule has 0 aliphatic rings. The first-order valence-electron chi connectivity index (χ1n) is 4.70. The zero-order valence-corrected chi connectivity index (χ0v) is 11.9. The largest absolute Gasteiger partial charge is 0.370 e. The highest BCUT2D eigenvalue weighted by atomic mass is 79.9. The zero-order chi connectivity index (χ0) is 13.0. The Morgan fingerprint density at radius 1 is 1.35 bits per heavy atom. The van der Waals surface area contributed by atoms with Gasteiger partial charge in [-0.1, -0.05) is 15.9 Å². The maximum atomic E-state index is 11.6. The van der Waals surface area contributed by atoms with Gasteiger partial charge in [-0.25, -0.2) is 0 Å². The van der Waals surface area contributed by atoms with Crippen molar-refractivity contribution in [3.63, 3.8) is 0 Å². The minimum atomic E-state index is -0.942. The van der Waals surface area contributed by atoms with Crippen molar-refractivity contribution in [2.75, 3.05) is 5.32 Å². The summed E-state index contributed by atoms with van der Waals surface area (Å²) in [6.07, 6.45) is -0.181. The summed E-state index contributed by atoms with van der Waals surface area (Å²) in [6, 6.07) is 4.33.